The number of carbonyl (C=O) groups excluding carboxylic acids is 1. The number of carbonyl (C=O) groups is 1. The number of nitrogens with zero attached hydrogens (tertiary/aromatic N) is 1. The molecule has 2 aromatic rings. The zero-order chi connectivity index (χ0) is 24.9. The Morgan fingerprint density at radius 2 is 1.94 bits per heavy atom. The lowest BCUT2D eigenvalue weighted by molar-refractivity contribution is -0.147. The molecular weight excluding hydrogens is 458 g/mol. The molecule has 3 heterocycles. The van der Waals surface area contributed by atoms with Gasteiger partial charge in [0.25, 0.3) is 0 Å². The van der Waals surface area contributed by atoms with Gasteiger partial charge in [-0.3, -0.25) is 9.69 Å². The van der Waals surface area contributed by atoms with E-state index in [2.05, 4.69) is 17.9 Å². The van der Waals surface area contributed by atoms with Crippen molar-refractivity contribution >= 4 is 5.97 Å². The first kappa shape index (κ1) is 23.9. The lowest BCUT2D eigenvalue weighted by atomic mass is 9.53. The zero-order valence-electron chi connectivity index (χ0n) is 21.5. The van der Waals surface area contributed by atoms with Gasteiger partial charge < -0.3 is 23.4 Å². The summed E-state index contributed by atoms with van der Waals surface area (Å²) in [5, 5.41) is 0. The molecule has 0 radical (unpaired) electrons. The van der Waals surface area contributed by atoms with Crippen molar-refractivity contribution in [2.45, 2.75) is 63.8 Å². The van der Waals surface area contributed by atoms with Crippen molar-refractivity contribution in [1.82, 2.24) is 4.90 Å². The molecule has 1 aromatic carbocycles. The van der Waals surface area contributed by atoms with Crippen molar-refractivity contribution in [1.29, 1.82) is 0 Å². The van der Waals surface area contributed by atoms with Crippen LogP contribution in [-0.2, 0) is 27.4 Å². The van der Waals surface area contributed by atoms with Crippen LogP contribution in [0.25, 0.3) is 0 Å². The first-order chi connectivity index (χ1) is 17.4. The number of rotatable bonds is 8. The van der Waals surface area contributed by atoms with E-state index in [1.54, 1.807) is 20.5 Å². The fourth-order valence-electron chi connectivity index (χ4n) is 7.49. The van der Waals surface area contributed by atoms with Crippen LogP contribution in [0, 0.1) is 23.2 Å². The Morgan fingerprint density at radius 3 is 2.67 bits per heavy atom. The van der Waals surface area contributed by atoms with E-state index in [-0.39, 0.29) is 34.9 Å². The van der Waals surface area contributed by atoms with Crippen LogP contribution in [0.1, 0.15) is 50.4 Å². The number of hydrogen-bond donors (Lipinski definition) is 0. The van der Waals surface area contributed by atoms with Gasteiger partial charge >= 0.3 is 5.97 Å². The van der Waals surface area contributed by atoms with Gasteiger partial charge in [0.15, 0.2) is 11.5 Å². The van der Waals surface area contributed by atoms with Gasteiger partial charge in [0.05, 0.1) is 45.2 Å². The fraction of sp³-hybridized carbons (Fsp3) is 0.621. The van der Waals surface area contributed by atoms with E-state index < -0.39 is 0 Å². The molecule has 36 heavy (non-hydrogen) atoms. The van der Waals surface area contributed by atoms with Crippen LogP contribution in [-0.4, -0.2) is 49.9 Å². The first-order valence-corrected chi connectivity index (χ1v) is 13.2. The molecule has 2 saturated heterocycles. The highest BCUT2D eigenvalue weighted by Gasteiger charge is 2.65. The summed E-state index contributed by atoms with van der Waals surface area (Å²) in [6.45, 7) is 5.20. The molecule has 7 nitrogen and oxygen atoms in total. The second kappa shape index (κ2) is 9.10. The number of benzene rings is 1. The van der Waals surface area contributed by atoms with Crippen LogP contribution < -0.4 is 9.47 Å². The minimum atomic E-state index is -0.146. The molecule has 194 valence electrons. The average molecular weight is 496 g/mol. The summed E-state index contributed by atoms with van der Waals surface area (Å²) in [6.07, 6.45) is 7.27. The molecule has 2 aliphatic heterocycles. The highest BCUT2D eigenvalue weighted by atomic mass is 16.6. The maximum Gasteiger partial charge on any atom is 0.310 e. The molecule has 4 aliphatic rings. The van der Waals surface area contributed by atoms with Gasteiger partial charge in [-0.1, -0.05) is 13.0 Å². The molecule has 2 aliphatic carbocycles. The summed E-state index contributed by atoms with van der Waals surface area (Å²) < 4.78 is 28.8. The Morgan fingerprint density at radius 1 is 1.11 bits per heavy atom. The van der Waals surface area contributed by atoms with Crippen LogP contribution in [0.5, 0.6) is 11.5 Å². The molecule has 6 rings (SSSR count). The van der Waals surface area contributed by atoms with Gasteiger partial charge in [0.1, 0.15) is 11.9 Å². The third-order valence-corrected chi connectivity index (χ3v) is 9.35. The molecule has 0 amide bonds. The second-order valence-electron chi connectivity index (χ2n) is 11.5. The standard InChI is InChI=1S/C29H37NO6/c1-28-9-5-10-29(18-35-29)26(28)13-21-22(27(31)36-25(21)14-28)17-30(16-20-6-4-11-34-20)15-19-7-8-23(32-2)24(12-19)33-3/h4,6-8,11-12,21-22,25-26H,5,9-10,13-18H2,1-3H3/t21-,22+,25-,26-,28-,29+/m1/s1. The Bertz CT molecular complexity index is 1100. The van der Waals surface area contributed by atoms with E-state index in [9.17, 15) is 4.79 Å². The minimum Gasteiger partial charge on any atom is -0.493 e. The van der Waals surface area contributed by atoms with Gasteiger partial charge in [0.2, 0.25) is 0 Å². The topological polar surface area (TPSA) is 73.7 Å². The minimum absolute atomic E-state index is 0.0178. The number of furan rings is 1. The maximum absolute atomic E-state index is 13.3. The van der Waals surface area contributed by atoms with E-state index in [4.69, 9.17) is 23.4 Å². The van der Waals surface area contributed by atoms with Gasteiger partial charge in [-0.2, -0.15) is 0 Å². The van der Waals surface area contributed by atoms with Crippen molar-refractivity contribution < 1.29 is 28.2 Å². The predicted molar refractivity (Wildman–Crippen MR) is 133 cm³/mol. The van der Waals surface area contributed by atoms with Crippen molar-refractivity contribution in [3.8, 4) is 11.5 Å². The van der Waals surface area contributed by atoms with Gasteiger partial charge in [-0.25, -0.2) is 0 Å². The van der Waals surface area contributed by atoms with Crippen molar-refractivity contribution in [3.63, 3.8) is 0 Å². The van der Waals surface area contributed by atoms with E-state index >= 15 is 0 Å². The molecule has 7 heteroatoms. The first-order valence-electron chi connectivity index (χ1n) is 13.2. The summed E-state index contributed by atoms with van der Waals surface area (Å²) >= 11 is 0. The summed E-state index contributed by atoms with van der Waals surface area (Å²) in [5.41, 5.74) is 1.36. The highest BCUT2D eigenvalue weighted by molar-refractivity contribution is 5.75. The Balaban J connectivity index is 1.23. The third kappa shape index (κ3) is 4.20. The SMILES string of the molecule is COc1ccc(CN(Cc2ccco2)C[C@@H]2C(=O)O[C@@H]3C[C@@]4(C)CCC[C@]5(CO5)[C@@H]4C[C@H]23)cc1OC. The molecule has 0 unspecified atom stereocenters. The summed E-state index contributed by atoms with van der Waals surface area (Å²) in [4.78, 5) is 15.6. The number of methoxy groups -OCH3 is 2. The van der Waals surface area contributed by atoms with E-state index in [1.165, 1.54) is 12.8 Å². The van der Waals surface area contributed by atoms with Crippen molar-refractivity contribution in [2.75, 3.05) is 27.4 Å². The van der Waals surface area contributed by atoms with Crippen LogP contribution in [0.2, 0.25) is 0 Å². The number of epoxide rings is 1. The van der Waals surface area contributed by atoms with Gasteiger partial charge in [-0.15, -0.1) is 0 Å². The number of ether oxygens (including phenoxy) is 4. The lowest BCUT2D eigenvalue weighted by Crippen LogP contribution is -2.51. The van der Waals surface area contributed by atoms with Crippen molar-refractivity contribution in [2.24, 2.45) is 23.2 Å². The zero-order valence-corrected chi connectivity index (χ0v) is 21.5. The summed E-state index contributed by atoms with van der Waals surface area (Å²) in [5.74, 6) is 2.84. The van der Waals surface area contributed by atoms with Gasteiger partial charge in [-0.05, 0) is 73.3 Å². The Kier molecular flexibility index (Phi) is 6.03. The predicted octanol–water partition coefficient (Wildman–Crippen LogP) is 4.83. The lowest BCUT2D eigenvalue weighted by Gasteiger charge is -2.51. The van der Waals surface area contributed by atoms with Crippen LogP contribution in [0.3, 0.4) is 0 Å². The number of hydrogen-bond acceptors (Lipinski definition) is 7. The van der Waals surface area contributed by atoms with E-state index in [0.29, 0.717) is 37.1 Å². The molecule has 2 saturated carbocycles. The molecule has 1 spiro atoms. The normalized spacial score (nSPS) is 34.8. The van der Waals surface area contributed by atoms with Crippen LogP contribution in [0.4, 0.5) is 0 Å². The molecule has 4 fully saturated rings. The second-order valence-corrected chi connectivity index (χ2v) is 11.5. The molecule has 6 atom stereocenters. The maximum atomic E-state index is 13.3. The highest BCUT2D eigenvalue weighted by Crippen LogP contribution is 2.62. The smallest absolute Gasteiger partial charge is 0.310 e. The summed E-state index contributed by atoms with van der Waals surface area (Å²) in [7, 11) is 3.29. The van der Waals surface area contributed by atoms with Crippen molar-refractivity contribution in [3.05, 3.63) is 47.9 Å². The quantitative estimate of drug-likeness (QED) is 0.384. The van der Waals surface area contributed by atoms with Gasteiger partial charge in [0, 0.05) is 19.0 Å². The molecular formula is C29H37NO6. The third-order valence-electron chi connectivity index (χ3n) is 9.35. The largest absolute Gasteiger partial charge is 0.493 e. The Hall–Kier alpha value is -2.51. The Labute approximate surface area is 213 Å². The van der Waals surface area contributed by atoms with E-state index in [0.717, 1.165) is 37.2 Å². The fourth-order valence-corrected chi connectivity index (χ4v) is 7.49. The van der Waals surface area contributed by atoms with Crippen LogP contribution >= 0.6 is 0 Å². The molecule has 1 aromatic heterocycles. The average Bonchev–Trinajstić information content (AvgIpc) is 3.31. The number of fused-ring (bicyclic) bond motifs is 3. The monoisotopic (exact) mass is 495 g/mol. The van der Waals surface area contributed by atoms with E-state index in [1.807, 2.05) is 24.3 Å². The van der Waals surface area contributed by atoms with Crippen LogP contribution in [0.15, 0.2) is 41.0 Å². The number of esters is 1. The molecule has 0 N–H and O–H groups in total. The molecule has 0 bridgehead atoms. The summed E-state index contributed by atoms with van der Waals surface area (Å²) in [6, 6.07) is 9.88.